The van der Waals surface area contributed by atoms with Crippen molar-refractivity contribution in [2.45, 2.75) is 13.8 Å². The first-order chi connectivity index (χ1) is 3.50. The van der Waals surface area contributed by atoms with Gasteiger partial charge in [-0.2, -0.15) is 0 Å². The van der Waals surface area contributed by atoms with Crippen LogP contribution >= 0.6 is 0 Å². The van der Waals surface area contributed by atoms with Crippen LogP contribution in [0.2, 0.25) is 0 Å². The van der Waals surface area contributed by atoms with Gasteiger partial charge in [-0.3, -0.25) is 4.79 Å². The number of hydrogen-bond acceptors (Lipinski definition) is 2. The summed E-state index contributed by atoms with van der Waals surface area (Å²) in [7, 11) is 0. The molecule has 0 amide bonds. The fourth-order valence-electron chi connectivity index (χ4n) is 0.0873. The summed E-state index contributed by atoms with van der Waals surface area (Å²) >= 11 is 0. The van der Waals surface area contributed by atoms with Crippen molar-refractivity contribution in [1.82, 2.24) is 0 Å². The van der Waals surface area contributed by atoms with Gasteiger partial charge in [-0.15, -0.1) is 0 Å². The molecule has 3 nitrogen and oxygen atoms in total. The maximum absolute atomic E-state index is 10.2. The van der Waals surface area contributed by atoms with Gasteiger partial charge in [0.1, 0.15) is 0 Å². The van der Waals surface area contributed by atoms with Gasteiger partial charge in [0.05, 0.1) is 5.41 Å². The zero-order valence-electron chi connectivity index (χ0n) is 5.52. The Balaban J connectivity index is 0. The van der Waals surface area contributed by atoms with Crippen molar-refractivity contribution < 1.29 is 30.3 Å². The molecule has 3 N–H and O–H groups in total. The largest absolute Gasteiger partial charge is 0.481 e. The van der Waals surface area contributed by atoms with Gasteiger partial charge in [0, 0.05) is 27.0 Å². The Hall–Kier alpha value is 0.0923. The number of carboxylic acid groups (broad SMARTS) is 1. The second-order valence-corrected chi connectivity index (χ2v) is 2.39. The molecule has 0 aromatic rings. The molecule has 0 aliphatic rings. The second kappa shape index (κ2) is 4.00. The van der Waals surface area contributed by atoms with Crippen molar-refractivity contribution in [3.63, 3.8) is 0 Å². The van der Waals surface area contributed by atoms with E-state index in [1.165, 1.54) is 0 Å². The van der Waals surface area contributed by atoms with E-state index in [4.69, 9.17) is 10.8 Å². The van der Waals surface area contributed by atoms with E-state index in [1.807, 2.05) is 0 Å². The molecule has 0 aliphatic carbocycles. The van der Waals surface area contributed by atoms with E-state index < -0.39 is 11.4 Å². The molecule has 0 atom stereocenters. The van der Waals surface area contributed by atoms with Gasteiger partial charge in [0.25, 0.3) is 0 Å². The van der Waals surface area contributed by atoms with Crippen LogP contribution in [-0.2, 0) is 25.2 Å². The number of nitrogens with two attached hydrogens (primary N) is 1. The molecule has 55 valence electrons. The van der Waals surface area contributed by atoms with Crippen molar-refractivity contribution in [1.29, 1.82) is 0 Å². The third-order valence-electron chi connectivity index (χ3n) is 1.09. The van der Waals surface area contributed by atoms with E-state index in [9.17, 15) is 4.79 Å². The molecule has 0 bridgehead atoms. The average Bonchev–Trinajstić information content (AvgIpc) is 1.67. The van der Waals surface area contributed by atoms with Crippen molar-refractivity contribution >= 4 is 5.97 Å². The molecule has 0 aromatic heterocycles. The van der Waals surface area contributed by atoms with Crippen molar-refractivity contribution in [2.24, 2.45) is 11.1 Å². The molecule has 0 heterocycles. The zero-order chi connectivity index (χ0) is 6.78. The molecular formula is C5H11NO2Re. The average molecular weight is 303 g/mol. The molecular weight excluding hydrogens is 292 g/mol. The summed E-state index contributed by atoms with van der Waals surface area (Å²) in [6, 6.07) is 0. The third-order valence-corrected chi connectivity index (χ3v) is 1.09. The van der Waals surface area contributed by atoms with E-state index in [1.54, 1.807) is 13.8 Å². The molecule has 0 saturated heterocycles. The summed E-state index contributed by atoms with van der Waals surface area (Å²) in [5.41, 5.74) is 4.36. The fraction of sp³-hybridized carbons (Fsp3) is 0.800. The maximum atomic E-state index is 10.2. The fourth-order valence-corrected chi connectivity index (χ4v) is 0.0873. The Bertz CT molecular complexity index is 103. The summed E-state index contributed by atoms with van der Waals surface area (Å²) in [5.74, 6) is -0.847. The van der Waals surface area contributed by atoms with E-state index in [0.717, 1.165) is 0 Å². The second-order valence-electron chi connectivity index (χ2n) is 2.39. The predicted octanol–water partition coefficient (Wildman–Crippen LogP) is 0.0534. The molecule has 0 aromatic carbocycles. The van der Waals surface area contributed by atoms with Crippen LogP contribution in [0.3, 0.4) is 0 Å². The number of carbonyl (C=O) groups is 1. The van der Waals surface area contributed by atoms with Crippen LogP contribution in [0.25, 0.3) is 0 Å². The maximum Gasteiger partial charge on any atom is 0.310 e. The minimum atomic E-state index is -0.847. The van der Waals surface area contributed by atoms with E-state index in [0.29, 0.717) is 0 Å². The van der Waals surface area contributed by atoms with Crippen LogP contribution < -0.4 is 5.73 Å². The molecule has 0 unspecified atom stereocenters. The quantitative estimate of drug-likeness (QED) is 0.758. The minimum absolute atomic E-state index is 0. The first kappa shape index (κ1) is 11.8. The zero-order valence-corrected chi connectivity index (χ0v) is 8.23. The molecule has 0 spiro atoms. The van der Waals surface area contributed by atoms with Crippen molar-refractivity contribution in [3.05, 3.63) is 0 Å². The molecule has 0 saturated carbocycles. The summed E-state index contributed by atoms with van der Waals surface area (Å²) in [6.07, 6.45) is 0. The normalized spacial score (nSPS) is 10.1. The molecule has 9 heavy (non-hydrogen) atoms. The van der Waals surface area contributed by atoms with Crippen molar-refractivity contribution in [3.8, 4) is 0 Å². The van der Waals surface area contributed by atoms with Gasteiger partial charge >= 0.3 is 5.97 Å². The first-order valence-electron chi connectivity index (χ1n) is 2.44. The Kier molecular flexibility index (Phi) is 5.26. The Morgan fingerprint density at radius 2 is 2.00 bits per heavy atom. The Morgan fingerprint density at radius 1 is 1.67 bits per heavy atom. The molecule has 4 heteroatoms. The van der Waals surface area contributed by atoms with Gasteiger partial charge in [-0.1, -0.05) is 0 Å². The summed E-state index contributed by atoms with van der Waals surface area (Å²) in [6.45, 7) is 3.37. The molecule has 0 aliphatic heterocycles. The SMILES string of the molecule is CC(C)(CN)C(=O)O.[Re]. The third kappa shape index (κ3) is 3.63. The first-order valence-corrected chi connectivity index (χ1v) is 2.44. The van der Waals surface area contributed by atoms with Crippen LogP contribution in [0, 0.1) is 5.41 Å². The van der Waals surface area contributed by atoms with E-state index >= 15 is 0 Å². The summed E-state index contributed by atoms with van der Waals surface area (Å²) < 4.78 is 0. The summed E-state index contributed by atoms with van der Waals surface area (Å²) in [4.78, 5) is 10.2. The van der Waals surface area contributed by atoms with Crippen LogP contribution in [0.15, 0.2) is 0 Å². The number of carboxylic acids is 1. The van der Waals surface area contributed by atoms with Crippen molar-refractivity contribution in [2.75, 3.05) is 6.54 Å². The number of hydrogen-bond donors (Lipinski definition) is 2. The van der Waals surface area contributed by atoms with E-state index in [-0.39, 0.29) is 27.0 Å². The van der Waals surface area contributed by atoms with Gasteiger partial charge in [-0.05, 0) is 13.8 Å². The van der Waals surface area contributed by atoms with Gasteiger partial charge in [-0.25, -0.2) is 0 Å². The topological polar surface area (TPSA) is 63.3 Å². The number of rotatable bonds is 2. The van der Waals surface area contributed by atoms with Gasteiger partial charge in [0.2, 0.25) is 0 Å². The van der Waals surface area contributed by atoms with Crippen LogP contribution in [0.1, 0.15) is 13.8 Å². The minimum Gasteiger partial charge on any atom is -0.481 e. The standard InChI is InChI=1S/C5H11NO2.Re/c1-5(2,3-6)4(7)8;/h3,6H2,1-2H3,(H,7,8);. The van der Waals surface area contributed by atoms with Gasteiger partial charge in [0.15, 0.2) is 0 Å². The van der Waals surface area contributed by atoms with Crippen LogP contribution in [-0.4, -0.2) is 17.6 Å². The Labute approximate surface area is 68.3 Å². The van der Waals surface area contributed by atoms with Crippen LogP contribution in [0.4, 0.5) is 0 Å². The number of aliphatic carboxylic acids is 1. The monoisotopic (exact) mass is 304 g/mol. The summed E-state index contributed by atoms with van der Waals surface area (Å²) in [5, 5.41) is 8.36. The molecule has 0 fully saturated rings. The predicted molar refractivity (Wildman–Crippen MR) is 30.5 cm³/mol. The molecule has 0 rings (SSSR count). The van der Waals surface area contributed by atoms with Crippen LogP contribution in [0.5, 0.6) is 0 Å². The van der Waals surface area contributed by atoms with Gasteiger partial charge < -0.3 is 10.8 Å². The van der Waals surface area contributed by atoms with E-state index in [2.05, 4.69) is 0 Å². The molecule has 1 radical (unpaired) electrons. The Morgan fingerprint density at radius 3 is 2.00 bits per heavy atom. The smallest absolute Gasteiger partial charge is 0.310 e.